The van der Waals surface area contributed by atoms with E-state index in [4.69, 9.17) is 9.84 Å². The molecule has 0 unspecified atom stereocenters. The second-order valence-corrected chi connectivity index (χ2v) is 6.18. The Morgan fingerprint density at radius 3 is 2.92 bits per heavy atom. The van der Waals surface area contributed by atoms with Crippen molar-refractivity contribution in [2.45, 2.75) is 12.8 Å². The van der Waals surface area contributed by atoms with Gasteiger partial charge in [-0.05, 0) is 48.6 Å². The molecule has 1 atom stereocenters. The monoisotopic (exact) mass is 340 g/mol. The van der Waals surface area contributed by atoms with Gasteiger partial charge in [0.15, 0.2) is 0 Å². The number of hydrogen-bond donors (Lipinski definition) is 1. The van der Waals surface area contributed by atoms with Gasteiger partial charge in [0.05, 0.1) is 12.7 Å². The van der Waals surface area contributed by atoms with Crippen LogP contribution < -0.4 is 4.74 Å². The third-order valence-electron chi connectivity index (χ3n) is 4.47. The summed E-state index contributed by atoms with van der Waals surface area (Å²) in [6.07, 6.45) is 3.25. The van der Waals surface area contributed by atoms with Crippen molar-refractivity contribution in [3.63, 3.8) is 0 Å². The number of amides is 1. The summed E-state index contributed by atoms with van der Waals surface area (Å²) in [5.41, 5.74) is 1.75. The molecule has 0 radical (unpaired) electrons. The molecule has 0 saturated carbocycles. The summed E-state index contributed by atoms with van der Waals surface area (Å²) in [6.45, 7) is 1.33. The van der Waals surface area contributed by atoms with E-state index in [1.165, 1.54) is 7.11 Å². The summed E-state index contributed by atoms with van der Waals surface area (Å²) in [4.78, 5) is 29.7. The number of carbonyl (C=O) groups is 2. The molecule has 1 N–H and O–H groups in total. The normalized spacial score (nSPS) is 16.7. The van der Waals surface area contributed by atoms with Crippen LogP contribution in [0, 0.1) is 5.92 Å². The highest BCUT2D eigenvalue weighted by molar-refractivity contribution is 5.96. The Labute approximate surface area is 146 Å². The van der Waals surface area contributed by atoms with Crippen LogP contribution in [0.4, 0.5) is 0 Å². The van der Waals surface area contributed by atoms with Crippen LogP contribution in [0.3, 0.4) is 0 Å². The first-order valence-electron chi connectivity index (χ1n) is 8.19. The lowest BCUT2D eigenvalue weighted by molar-refractivity contribution is 0.0696. The number of carboxylic acid groups (broad SMARTS) is 1. The van der Waals surface area contributed by atoms with E-state index in [2.05, 4.69) is 4.98 Å². The van der Waals surface area contributed by atoms with Crippen molar-refractivity contribution < 1.29 is 19.4 Å². The van der Waals surface area contributed by atoms with E-state index >= 15 is 0 Å². The minimum absolute atomic E-state index is 0.0771. The minimum atomic E-state index is -0.922. The number of nitrogens with zero attached hydrogens (tertiary/aromatic N) is 2. The number of aromatic nitrogens is 1. The molecular formula is C19H20N2O4. The zero-order valence-corrected chi connectivity index (χ0v) is 14.0. The fourth-order valence-corrected chi connectivity index (χ4v) is 3.23. The Morgan fingerprint density at radius 1 is 1.32 bits per heavy atom. The van der Waals surface area contributed by atoms with E-state index in [0.29, 0.717) is 36.0 Å². The lowest BCUT2D eigenvalue weighted by Gasteiger charge is -2.17. The van der Waals surface area contributed by atoms with Crippen LogP contribution in [0.25, 0.3) is 0 Å². The van der Waals surface area contributed by atoms with Gasteiger partial charge in [-0.15, -0.1) is 0 Å². The highest BCUT2D eigenvalue weighted by Crippen LogP contribution is 2.25. The SMILES string of the molecule is COc1ncccc1C(=O)N1CC[C@@H](Cc2cccc(C(=O)O)c2)C1. The predicted octanol–water partition coefficient (Wildman–Crippen LogP) is 2.49. The number of hydrogen-bond acceptors (Lipinski definition) is 4. The van der Waals surface area contributed by atoms with E-state index in [9.17, 15) is 9.59 Å². The summed E-state index contributed by atoms with van der Waals surface area (Å²) < 4.78 is 5.17. The van der Waals surface area contributed by atoms with E-state index in [1.807, 2.05) is 11.0 Å². The zero-order valence-electron chi connectivity index (χ0n) is 14.0. The highest BCUT2D eigenvalue weighted by Gasteiger charge is 2.28. The average Bonchev–Trinajstić information content (AvgIpc) is 3.09. The summed E-state index contributed by atoms with van der Waals surface area (Å²) in [7, 11) is 1.50. The highest BCUT2D eigenvalue weighted by atomic mass is 16.5. The van der Waals surface area contributed by atoms with Crippen LogP contribution in [0.1, 0.15) is 32.7 Å². The smallest absolute Gasteiger partial charge is 0.335 e. The van der Waals surface area contributed by atoms with E-state index in [-0.39, 0.29) is 5.91 Å². The second-order valence-electron chi connectivity index (χ2n) is 6.18. The number of pyridine rings is 1. The van der Waals surface area contributed by atoms with Crippen LogP contribution in [0.2, 0.25) is 0 Å². The van der Waals surface area contributed by atoms with Gasteiger partial charge in [0.1, 0.15) is 5.56 Å². The van der Waals surface area contributed by atoms with Gasteiger partial charge < -0.3 is 14.7 Å². The van der Waals surface area contributed by atoms with E-state index in [0.717, 1.165) is 18.4 Å². The fraction of sp³-hybridized carbons (Fsp3) is 0.316. The molecule has 1 saturated heterocycles. The molecule has 25 heavy (non-hydrogen) atoms. The molecule has 2 heterocycles. The van der Waals surface area contributed by atoms with Crippen LogP contribution in [0.15, 0.2) is 42.6 Å². The maximum absolute atomic E-state index is 12.7. The number of benzene rings is 1. The minimum Gasteiger partial charge on any atom is -0.480 e. The fourth-order valence-electron chi connectivity index (χ4n) is 3.23. The number of carbonyl (C=O) groups excluding carboxylic acids is 1. The Balaban J connectivity index is 1.66. The first-order chi connectivity index (χ1) is 12.1. The molecule has 3 rings (SSSR count). The van der Waals surface area contributed by atoms with Crippen LogP contribution >= 0.6 is 0 Å². The Morgan fingerprint density at radius 2 is 2.16 bits per heavy atom. The van der Waals surface area contributed by atoms with Gasteiger partial charge in [0, 0.05) is 19.3 Å². The summed E-state index contributed by atoms with van der Waals surface area (Å²) >= 11 is 0. The number of carboxylic acids is 1. The van der Waals surface area contributed by atoms with Crippen LogP contribution in [-0.2, 0) is 6.42 Å². The van der Waals surface area contributed by atoms with Gasteiger partial charge in [0.25, 0.3) is 5.91 Å². The zero-order chi connectivity index (χ0) is 17.8. The van der Waals surface area contributed by atoms with Gasteiger partial charge >= 0.3 is 5.97 Å². The first kappa shape index (κ1) is 17.0. The summed E-state index contributed by atoms with van der Waals surface area (Å²) in [5.74, 6) is -0.346. The molecule has 0 bridgehead atoms. The number of aromatic carboxylic acids is 1. The molecular weight excluding hydrogens is 320 g/mol. The van der Waals surface area contributed by atoms with Crippen molar-refractivity contribution in [2.75, 3.05) is 20.2 Å². The molecule has 1 aromatic heterocycles. The third-order valence-corrected chi connectivity index (χ3v) is 4.47. The molecule has 1 aromatic carbocycles. The third kappa shape index (κ3) is 3.79. The lowest BCUT2D eigenvalue weighted by atomic mass is 9.97. The maximum Gasteiger partial charge on any atom is 0.335 e. The van der Waals surface area contributed by atoms with Crippen LogP contribution in [0.5, 0.6) is 5.88 Å². The number of methoxy groups -OCH3 is 1. The molecule has 0 spiro atoms. The number of ether oxygens (including phenoxy) is 1. The van der Waals surface area contributed by atoms with Gasteiger partial charge in [-0.1, -0.05) is 12.1 Å². The molecule has 1 aliphatic heterocycles. The molecule has 6 nitrogen and oxygen atoms in total. The predicted molar refractivity (Wildman–Crippen MR) is 91.9 cm³/mol. The molecule has 130 valence electrons. The molecule has 1 fully saturated rings. The standard InChI is InChI=1S/C19H20N2O4/c1-25-17-16(6-3-8-20-17)18(22)21-9-7-14(12-21)10-13-4-2-5-15(11-13)19(23)24/h2-6,8,11,14H,7,9-10,12H2,1H3,(H,23,24)/t14-/m0/s1. The van der Waals surface area contributed by atoms with E-state index < -0.39 is 5.97 Å². The van der Waals surface area contributed by atoms with Gasteiger partial charge in [-0.25, -0.2) is 9.78 Å². The van der Waals surface area contributed by atoms with Crippen LogP contribution in [-0.4, -0.2) is 47.1 Å². The molecule has 6 heteroatoms. The number of likely N-dealkylation sites (tertiary alicyclic amines) is 1. The van der Waals surface area contributed by atoms with Crippen molar-refractivity contribution in [3.05, 3.63) is 59.3 Å². The quantitative estimate of drug-likeness (QED) is 0.904. The number of rotatable bonds is 5. The molecule has 1 aliphatic rings. The Bertz CT molecular complexity index is 790. The van der Waals surface area contributed by atoms with E-state index in [1.54, 1.807) is 36.5 Å². The van der Waals surface area contributed by atoms with Crippen molar-refractivity contribution in [1.29, 1.82) is 0 Å². The molecule has 0 aliphatic carbocycles. The van der Waals surface area contributed by atoms with Crippen molar-refractivity contribution in [1.82, 2.24) is 9.88 Å². The average molecular weight is 340 g/mol. The first-order valence-corrected chi connectivity index (χ1v) is 8.19. The topological polar surface area (TPSA) is 79.7 Å². The lowest BCUT2D eigenvalue weighted by Crippen LogP contribution is -2.29. The molecule has 1 amide bonds. The summed E-state index contributed by atoms with van der Waals surface area (Å²) in [5, 5.41) is 9.09. The van der Waals surface area contributed by atoms with Gasteiger partial charge in [-0.3, -0.25) is 4.79 Å². The second kappa shape index (κ2) is 7.34. The maximum atomic E-state index is 12.7. The summed E-state index contributed by atoms with van der Waals surface area (Å²) in [6, 6.07) is 10.4. The largest absolute Gasteiger partial charge is 0.480 e. The Kier molecular flexibility index (Phi) is 4.97. The van der Waals surface area contributed by atoms with Gasteiger partial charge in [0.2, 0.25) is 5.88 Å². The van der Waals surface area contributed by atoms with Gasteiger partial charge in [-0.2, -0.15) is 0 Å². The molecule has 2 aromatic rings. The Hall–Kier alpha value is -2.89. The van der Waals surface area contributed by atoms with Crippen molar-refractivity contribution in [2.24, 2.45) is 5.92 Å². The van der Waals surface area contributed by atoms with Crippen molar-refractivity contribution in [3.8, 4) is 5.88 Å². The van der Waals surface area contributed by atoms with Crippen molar-refractivity contribution >= 4 is 11.9 Å².